The van der Waals surface area contributed by atoms with Crippen LogP contribution in [0.4, 0.5) is 0 Å². The van der Waals surface area contributed by atoms with Crippen LogP contribution in [0.15, 0.2) is 90.1 Å². The van der Waals surface area contributed by atoms with E-state index >= 15 is 0 Å². The summed E-state index contributed by atoms with van der Waals surface area (Å²) in [4.78, 5) is 12.7. The number of rotatable bonds is 10. The maximum Gasteiger partial charge on any atom is 0.233 e. The first-order chi connectivity index (χ1) is 16.6. The Morgan fingerprint density at radius 3 is 2.26 bits per heavy atom. The molecule has 1 N–H and O–H groups in total. The van der Waals surface area contributed by atoms with Crippen LogP contribution in [-0.2, 0) is 24.5 Å². The van der Waals surface area contributed by atoms with E-state index in [4.69, 9.17) is 4.74 Å². The van der Waals surface area contributed by atoms with Crippen LogP contribution in [-0.4, -0.2) is 25.9 Å². The minimum Gasteiger partial charge on any atom is -0.486 e. The van der Waals surface area contributed by atoms with Crippen LogP contribution < -0.4 is 10.1 Å². The summed E-state index contributed by atoms with van der Waals surface area (Å²) in [6.07, 6.45) is 0. The van der Waals surface area contributed by atoms with Crippen molar-refractivity contribution in [1.82, 2.24) is 20.1 Å². The molecule has 1 heterocycles. The largest absolute Gasteiger partial charge is 0.486 e. The molecule has 6 nitrogen and oxygen atoms in total. The van der Waals surface area contributed by atoms with Gasteiger partial charge >= 0.3 is 0 Å². The van der Waals surface area contributed by atoms with Gasteiger partial charge < -0.3 is 10.1 Å². The third kappa shape index (κ3) is 6.48. The number of aromatic nitrogens is 3. The predicted octanol–water partition coefficient (Wildman–Crippen LogP) is 5.01. The number of ether oxygens (including phenoxy) is 1. The zero-order valence-corrected chi connectivity index (χ0v) is 20.2. The summed E-state index contributed by atoms with van der Waals surface area (Å²) in [5.41, 5.74) is 3.37. The van der Waals surface area contributed by atoms with Crippen molar-refractivity contribution in [2.45, 2.75) is 44.0 Å². The van der Waals surface area contributed by atoms with E-state index in [0.717, 1.165) is 16.9 Å². The minimum absolute atomic E-state index is 0.0411. The monoisotopic (exact) mass is 472 g/mol. The molecule has 1 aromatic heterocycles. The number of aryl methyl sites for hydroxylation is 1. The van der Waals surface area contributed by atoms with E-state index in [2.05, 4.69) is 27.6 Å². The lowest BCUT2D eigenvalue weighted by Crippen LogP contribution is -2.30. The van der Waals surface area contributed by atoms with E-state index in [-0.39, 0.29) is 17.8 Å². The molecule has 0 saturated carbocycles. The molecule has 0 aliphatic rings. The second-order valence-electron chi connectivity index (χ2n) is 8.04. The lowest BCUT2D eigenvalue weighted by Gasteiger charge is -2.14. The molecule has 1 atom stereocenters. The SMILES string of the molecule is Cc1ccc(OCc2nnc(SC(C)C(=O)NCc3ccccc3)n2Cc2ccccc2)cc1. The molecule has 174 valence electrons. The molecule has 4 aromatic rings. The van der Waals surface area contributed by atoms with Crippen molar-refractivity contribution in [1.29, 1.82) is 0 Å². The number of thioether (sulfide) groups is 1. The predicted molar refractivity (Wildman–Crippen MR) is 135 cm³/mol. The number of hydrogen-bond donors (Lipinski definition) is 1. The van der Waals surface area contributed by atoms with Crippen LogP contribution in [0.25, 0.3) is 0 Å². The van der Waals surface area contributed by atoms with E-state index in [0.29, 0.717) is 24.1 Å². The molecular formula is C27H28N4O2S. The van der Waals surface area contributed by atoms with Crippen LogP contribution in [0.3, 0.4) is 0 Å². The summed E-state index contributed by atoms with van der Waals surface area (Å²) >= 11 is 1.40. The highest BCUT2D eigenvalue weighted by molar-refractivity contribution is 8.00. The molecule has 1 amide bonds. The second-order valence-corrected chi connectivity index (χ2v) is 9.34. The van der Waals surface area contributed by atoms with Gasteiger partial charge in [0, 0.05) is 6.54 Å². The highest BCUT2D eigenvalue weighted by Gasteiger charge is 2.20. The highest BCUT2D eigenvalue weighted by atomic mass is 32.2. The summed E-state index contributed by atoms with van der Waals surface area (Å²) in [6.45, 7) is 5.31. The van der Waals surface area contributed by atoms with Gasteiger partial charge in [-0.25, -0.2) is 0 Å². The maximum atomic E-state index is 12.7. The van der Waals surface area contributed by atoms with Gasteiger partial charge in [0.05, 0.1) is 11.8 Å². The van der Waals surface area contributed by atoms with Crippen LogP contribution in [0.5, 0.6) is 5.75 Å². The van der Waals surface area contributed by atoms with E-state index in [9.17, 15) is 4.79 Å². The Kier molecular flexibility index (Phi) is 7.99. The Labute approximate surface area is 204 Å². The van der Waals surface area contributed by atoms with E-state index in [1.54, 1.807) is 0 Å². The number of hydrogen-bond acceptors (Lipinski definition) is 5. The highest BCUT2D eigenvalue weighted by Crippen LogP contribution is 2.24. The van der Waals surface area contributed by atoms with Crippen LogP contribution >= 0.6 is 11.8 Å². The summed E-state index contributed by atoms with van der Waals surface area (Å²) in [5.74, 6) is 1.45. The minimum atomic E-state index is -0.326. The fourth-order valence-electron chi connectivity index (χ4n) is 3.36. The summed E-state index contributed by atoms with van der Waals surface area (Å²) < 4.78 is 7.99. The maximum absolute atomic E-state index is 12.7. The average Bonchev–Trinajstić information content (AvgIpc) is 3.24. The van der Waals surface area contributed by atoms with Crippen molar-refractivity contribution in [3.8, 4) is 5.75 Å². The van der Waals surface area contributed by atoms with Crippen molar-refractivity contribution >= 4 is 17.7 Å². The van der Waals surface area contributed by atoms with Crippen molar-refractivity contribution in [3.63, 3.8) is 0 Å². The number of amides is 1. The molecule has 0 aliphatic heterocycles. The number of carbonyl (C=O) groups excluding carboxylic acids is 1. The van der Waals surface area contributed by atoms with Crippen LogP contribution in [0, 0.1) is 6.92 Å². The van der Waals surface area contributed by atoms with E-state index in [1.165, 1.54) is 17.3 Å². The van der Waals surface area contributed by atoms with Gasteiger partial charge in [-0.3, -0.25) is 9.36 Å². The molecule has 3 aromatic carbocycles. The Morgan fingerprint density at radius 1 is 0.941 bits per heavy atom. The molecule has 0 spiro atoms. The third-order valence-electron chi connectivity index (χ3n) is 5.33. The number of carbonyl (C=O) groups is 1. The first-order valence-electron chi connectivity index (χ1n) is 11.2. The number of nitrogens with zero attached hydrogens (tertiary/aromatic N) is 3. The van der Waals surface area contributed by atoms with Gasteiger partial charge in [0.15, 0.2) is 11.0 Å². The van der Waals surface area contributed by atoms with Gasteiger partial charge in [0.2, 0.25) is 5.91 Å². The van der Waals surface area contributed by atoms with Crippen molar-refractivity contribution < 1.29 is 9.53 Å². The molecule has 0 bridgehead atoms. The lowest BCUT2D eigenvalue weighted by molar-refractivity contribution is -0.120. The number of nitrogens with one attached hydrogen (secondary N) is 1. The van der Waals surface area contributed by atoms with Crippen molar-refractivity contribution in [2.24, 2.45) is 0 Å². The smallest absolute Gasteiger partial charge is 0.233 e. The van der Waals surface area contributed by atoms with Crippen LogP contribution in [0.1, 0.15) is 29.4 Å². The molecule has 1 unspecified atom stereocenters. The summed E-state index contributed by atoms with van der Waals surface area (Å²) in [7, 11) is 0. The lowest BCUT2D eigenvalue weighted by atomic mass is 10.2. The Bertz CT molecular complexity index is 1190. The molecule has 34 heavy (non-hydrogen) atoms. The van der Waals surface area contributed by atoms with Gasteiger partial charge in [-0.2, -0.15) is 0 Å². The van der Waals surface area contributed by atoms with Gasteiger partial charge in [-0.05, 0) is 37.1 Å². The van der Waals surface area contributed by atoms with E-state index in [1.807, 2.05) is 91.2 Å². The zero-order valence-electron chi connectivity index (χ0n) is 19.3. The Morgan fingerprint density at radius 2 is 1.59 bits per heavy atom. The molecule has 0 fully saturated rings. The van der Waals surface area contributed by atoms with Crippen molar-refractivity contribution in [3.05, 3.63) is 107 Å². The average molecular weight is 473 g/mol. The Balaban J connectivity index is 1.46. The van der Waals surface area contributed by atoms with Gasteiger partial charge in [0.25, 0.3) is 0 Å². The summed E-state index contributed by atoms with van der Waals surface area (Å²) in [6, 6.07) is 27.9. The molecule has 0 aliphatic carbocycles. The molecular weight excluding hydrogens is 444 g/mol. The normalized spacial score (nSPS) is 11.7. The van der Waals surface area contributed by atoms with Gasteiger partial charge in [-0.15, -0.1) is 10.2 Å². The molecule has 0 saturated heterocycles. The number of benzene rings is 3. The Hall–Kier alpha value is -3.58. The molecule has 4 rings (SSSR count). The fourth-order valence-corrected chi connectivity index (χ4v) is 4.25. The standard InChI is InChI=1S/C27H28N4O2S/c1-20-13-15-24(16-14-20)33-19-25-29-30-27(31(25)18-23-11-7-4-8-12-23)34-21(2)26(32)28-17-22-9-5-3-6-10-22/h3-16,21H,17-19H2,1-2H3,(H,28,32). The third-order valence-corrected chi connectivity index (χ3v) is 6.41. The van der Waals surface area contributed by atoms with Crippen LogP contribution in [0.2, 0.25) is 0 Å². The second kappa shape index (κ2) is 11.5. The van der Waals surface area contributed by atoms with Gasteiger partial charge in [-0.1, -0.05) is 90.1 Å². The fraction of sp³-hybridized carbons (Fsp3) is 0.222. The first-order valence-corrected chi connectivity index (χ1v) is 12.1. The molecule has 0 radical (unpaired) electrons. The topological polar surface area (TPSA) is 69.0 Å². The summed E-state index contributed by atoms with van der Waals surface area (Å²) in [5, 5.41) is 12.1. The van der Waals surface area contributed by atoms with Crippen molar-refractivity contribution in [2.75, 3.05) is 0 Å². The quantitative estimate of drug-likeness (QED) is 0.329. The van der Waals surface area contributed by atoms with Gasteiger partial charge in [0.1, 0.15) is 12.4 Å². The first kappa shape index (κ1) is 23.6. The zero-order chi connectivity index (χ0) is 23.8. The van der Waals surface area contributed by atoms with E-state index < -0.39 is 0 Å². The molecule has 7 heteroatoms.